The fourth-order valence-electron chi connectivity index (χ4n) is 6.56. The number of alkyl halides is 3. The van der Waals surface area contributed by atoms with Crippen molar-refractivity contribution in [3.63, 3.8) is 0 Å². The Balaban J connectivity index is 1.68. The van der Waals surface area contributed by atoms with Crippen LogP contribution in [0, 0.1) is 26.6 Å². The molecule has 1 unspecified atom stereocenters. The maximum absolute atomic E-state index is 15.6. The highest BCUT2D eigenvalue weighted by Gasteiger charge is 2.37. The molecule has 5 rings (SSSR count). The summed E-state index contributed by atoms with van der Waals surface area (Å²) in [7, 11) is 0. The quantitative estimate of drug-likeness (QED) is 0.291. The van der Waals surface area contributed by atoms with Gasteiger partial charge in [0.15, 0.2) is 17.7 Å². The summed E-state index contributed by atoms with van der Waals surface area (Å²) in [5.41, 5.74) is 4.57. The van der Waals surface area contributed by atoms with Gasteiger partial charge in [-0.1, -0.05) is 0 Å². The van der Waals surface area contributed by atoms with Crippen LogP contribution in [0.1, 0.15) is 88.2 Å². The monoisotopic (exact) mass is 627 g/mol. The van der Waals surface area contributed by atoms with Gasteiger partial charge in [-0.2, -0.15) is 13.2 Å². The lowest BCUT2D eigenvalue weighted by atomic mass is 9.78. The number of benzene rings is 3. The van der Waals surface area contributed by atoms with Gasteiger partial charge in [0.25, 0.3) is 5.91 Å². The van der Waals surface area contributed by atoms with Crippen LogP contribution in [0.15, 0.2) is 30.3 Å². The van der Waals surface area contributed by atoms with Crippen molar-refractivity contribution in [2.45, 2.75) is 85.2 Å². The molecule has 240 valence electrons. The topological polar surface area (TPSA) is 76.1 Å². The van der Waals surface area contributed by atoms with Crippen LogP contribution in [-0.4, -0.2) is 40.6 Å². The predicted octanol–water partition coefficient (Wildman–Crippen LogP) is 7.90. The van der Waals surface area contributed by atoms with E-state index in [1.165, 1.54) is 18.2 Å². The number of aliphatic carboxylic acids is 1. The van der Waals surface area contributed by atoms with E-state index < -0.39 is 41.1 Å². The summed E-state index contributed by atoms with van der Waals surface area (Å²) in [6.07, 6.45) is -4.14. The molecular formula is C35H37F4NO5. The van der Waals surface area contributed by atoms with Crippen LogP contribution >= 0.6 is 0 Å². The fraction of sp³-hybridized carbons (Fsp3) is 0.429. The lowest BCUT2D eigenvalue weighted by molar-refractivity contribution is -0.160. The Kier molecular flexibility index (Phi) is 8.50. The lowest BCUT2D eigenvalue weighted by Crippen LogP contribution is -2.37. The first-order valence-electron chi connectivity index (χ1n) is 15.0. The Morgan fingerprint density at radius 1 is 0.956 bits per heavy atom. The van der Waals surface area contributed by atoms with E-state index in [4.69, 9.17) is 9.47 Å². The minimum Gasteiger partial charge on any atom is -0.490 e. The van der Waals surface area contributed by atoms with Gasteiger partial charge >= 0.3 is 12.1 Å². The van der Waals surface area contributed by atoms with Gasteiger partial charge in [-0.25, -0.2) is 9.18 Å². The van der Waals surface area contributed by atoms with Crippen LogP contribution in [0.25, 0.3) is 11.1 Å². The Morgan fingerprint density at radius 3 is 2.22 bits per heavy atom. The molecule has 6 nitrogen and oxygen atoms in total. The van der Waals surface area contributed by atoms with E-state index in [0.29, 0.717) is 47.3 Å². The summed E-state index contributed by atoms with van der Waals surface area (Å²) in [6.45, 7) is 11.7. The first-order chi connectivity index (χ1) is 21.0. The second-order valence-corrected chi connectivity index (χ2v) is 12.8. The summed E-state index contributed by atoms with van der Waals surface area (Å²) in [5, 5.41) is 10.5. The molecule has 3 aromatic rings. The van der Waals surface area contributed by atoms with E-state index in [1.807, 2.05) is 20.8 Å². The van der Waals surface area contributed by atoms with Gasteiger partial charge in [-0.3, -0.25) is 4.79 Å². The second kappa shape index (κ2) is 11.8. The Hall–Kier alpha value is -3.92. The van der Waals surface area contributed by atoms with Crippen LogP contribution in [0.5, 0.6) is 5.75 Å². The SMILES string of the molecule is Cc1c(-c2c(C)c3c(c(C)c2C(OC(C)(C)C)C(=O)O)CCN(C(=O)c2ccc(C(F)(F)F)cc2)C3)cc(F)c2c1CCCO2. The van der Waals surface area contributed by atoms with E-state index in [9.17, 15) is 27.9 Å². The van der Waals surface area contributed by atoms with E-state index in [0.717, 1.165) is 40.8 Å². The summed E-state index contributed by atoms with van der Waals surface area (Å²) in [4.78, 5) is 27.9. The molecule has 1 amide bonds. The third-order valence-corrected chi connectivity index (χ3v) is 8.71. The number of hydrogen-bond acceptors (Lipinski definition) is 4. The second-order valence-electron chi connectivity index (χ2n) is 12.8. The van der Waals surface area contributed by atoms with Crippen LogP contribution in [0.2, 0.25) is 0 Å². The zero-order valence-corrected chi connectivity index (χ0v) is 26.2. The standard InChI is InChI=1S/C35H37F4NO5/c1-18-24-8-7-15-44-30(24)27(36)16-25(18)28-20(3)26-17-40(32(41)21-9-11-22(12-10-21)35(37,38)39)14-13-23(26)19(2)29(28)31(33(42)43)45-34(4,5)6/h9-12,16,31H,7-8,13-15,17H2,1-6H3,(H,42,43). The number of rotatable bonds is 5. The van der Waals surface area contributed by atoms with E-state index >= 15 is 4.39 Å². The van der Waals surface area contributed by atoms with Gasteiger partial charge in [0.2, 0.25) is 0 Å². The molecule has 10 heteroatoms. The van der Waals surface area contributed by atoms with Crippen molar-refractivity contribution in [3.05, 3.63) is 86.2 Å². The lowest BCUT2D eigenvalue weighted by Gasteiger charge is -2.36. The van der Waals surface area contributed by atoms with Crippen LogP contribution in [0.4, 0.5) is 17.6 Å². The van der Waals surface area contributed by atoms with Crippen molar-refractivity contribution in [3.8, 4) is 16.9 Å². The Labute approximate surface area is 260 Å². The van der Waals surface area contributed by atoms with Gasteiger partial charge in [0, 0.05) is 29.8 Å². The van der Waals surface area contributed by atoms with Gasteiger partial charge in [-0.05, 0) is 130 Å². The fourth-order valence-corrected chi connectivity index (χ4v) is 6.56. The predicted molar refractivity (Wildman–Crippen MR) is 161 cm³/mol. The number of carbonyl (C=O) groups excluding carboxylic acids is 1. The van der Waals surface area contributed by atoms with Crippen molar-refractivity contribution < 1.29 is 41.7 Å². The molecular weight excluding hydrogens is 590 g/mol. The molecule has 0 spiro atoms. The minimum atomic E-state index is -4.51. The summed E-state index contributed by atoms with van der Waals surface area (Å²) in [5.74, 6) is -1.91. The number of nitrogens with zero attached hydrogens (tertiary/aromatic N) is 1. The largest absolute Gasteiger partial charge is 0.490 e. The third kappa shape index (κ3) is 6.17. The van der Waals surface area contributed by atoms with Gasteiger partial charge in [-0.15, -0.1) is 0 Å². The zero-order valence-electron chi connectivity index (χ0n) is 26.2. The molecule has 2 aliphatic rings. The summed E-state index contributed by atoms with van der Waals surface area (Å²) < 4.78 is 66.7. The summed E-state index contributed by atoms with van der Waals surface area (Å²) >= 11 is 0. The maximum Gasteiger partial charge on any atom is 0.416 e. The van der Waals surface area contributed by atoms with Crippen LogP contribution < -0.4 is 4.74 Å². The minimum absolute atomic E-state index is 0.134. The number of ether oxygens (including phenoxy) is 2. The maximum atomic E-state index is 15.6. The molecule has 45 heavy (non-hydrogen) atoms. The first-order valence-corrected chi connectivity index (χ1v) is 15.0. The first kappa shape index (κ1) is 32.5. The molecule has 0 bridgehead atoms. The molecule has 0 fully saturated rings. The van der Waals surface area contributed by atoms with Crippen molar-refractivity contribution in [2.24, 2.45) is 0 Å². The van der Waals surface area contributed by atoms with Crippen LogP contribution in [-0.2, 0) is 35.1 Å². The molecule has 0 aliphatic carbocycles. The van der Waals surface area contributed by atoms with Crippen molar-refractivity contribution in [2.75, 3.05) is 13.2 Å². The van der Waals surface area contributed by atoms with Crippen LogP contribution in [0.3, 0.4) is 0 Å². The molecule has 0 aromatic heterocycles. The van der Waals surface area contributed by atoms with E-state index in [-0.39, 0.29) is 24.4 Å². The Bertz CT molecular complexity index is 1670. The molecule has 1 atom stereocenters. The molecule has 1 N–H and O–H groups in total. The molecule has 0 saturated carbocycles. The summed E-state index contributed by atoms with van der Waals surface area (Å²) in [6, 6.07) is 5.53. The average molecular weight is 628 g/mol. The average Bonchev–Trinajstić information content (AvgIpc) is 2.98. The number of halogens is 4. The van der Waals surface area contributed by atoms with Gasteiger partial charge < -0.3 is 19.5 Å². The molecule has 3 aromatic carbocycles. The Morgan fingerprint density at radius 2 is 1.62 bits per heavy atom. The normalized spacial score (nSPS) is 15.6. The number of fused-ring (bicyclic) bond motifs is 2. The highest BCUT2D eigenvalue weighted by atomic mass is 19.4. The number of carboxylic acid groups (broad SMARTS) is 1. The zero-order chi connectivity index (χ0) is 33.0. The number of carbonyl (C=O) groups is 2. The van der Waals surface area contributed by atoms with E-state index in [2.05, 4.69) is 0 Å². The van der Waals surface area contributed by atoms with Gasteiger partial charge in [0.05, 0.1) is 17.8 Å². The molecule has 0 radical (unpaired) electrons. The molecule has 2 heterocycles. The molecule has 0 saturated heterocycles. The van der Waals surface area contributed by atoms with E-state index in [1.54, 1.807) is 25.7 Å². The third-order valence-electron chi connectivity index (χ3n) is 8.71. The number of amides is 1. The van der Waals surface area contributed by atoms with Crippen molar-refractivity contribution in [1.29, 1.82) is 0 Å². The van der Waals surface area contributed by atoms with Crippen molar-refractivity contribution >= 4 is 11.9 Å². The highest BCUT2D eigenvalue weighted by molar-refractivity contribution is 5.94. The van der Waals surface area contributed by atoms with Gasteiger partial charge in [0.1, 0.15) is 0 Å². The number of carboxylic acids is 1. The number of hydrogen-bond donors (Lipinski definition) is 1. The molecule has 2 aliphatic heterocycles. The highest BCUT2D eigenvalue weighted by Crippen LogP contribution is 2.46. The van der Waals surface area contributed by atoms with Crippen molar-refractivity contribution in [1.82, 2.24) is 4.90 Å². The smallest absolute Gasteiger partial charge is 0.416 e.